The second kappa shape index (κ2) is 5.27. The molecule has 1 N–H and O–H groups in total. The zero-order valence-corrected chi connectivity index (χ0v) is 12.6. The summed E-state index contributed by atoms with van der Waals surface area (Å²) in [5, 5.41) is 0.758. The number of hydrogen-bond acceptors (Lipinski definition) is 2. The summed E-state index contributed by atoms with van der Waals surface area (Å²) in [4.78, 5) is 5.79. The number of rotatable bonds is 3. The lowest BCUT2D eigenvalue weighted by Gasteiger charge is -2.23. The number of halogens is 1. The van der Waals surface area contributed by atoms with Crippen molar-refractivity contribution in [1.82, 2.24) is 14.5 Å². The van der Waals surface area contributed by atoms with E-state index in [0.29, 0.717) is 6.04 Å². The maximum absolute atomic E-state index is 6.10. The van der Waals surface area contributed by atoms with Crippen molar-refractivity contribution in [2.75, 3.05) is 13.1 Å². The van der Waals surface area contributed by atoms with Crippen molar-refractivity contribution in [3.63, 3.8) is 0 Å². The molecule has 1 aliphatic heterocycles. The van der Waals surface area contributed by atoms with E-state index in [0.717, 1.165) is 33.9 Å². The number of H-pyrrole nitrogens is 1. The summed E-state index contributed by atoms with van der Waals surface area (Å²) in [5.41, 5.74) is 2.18. The molecule has 0 aliphatic carbocycles. The molecule has 2 aromatic rings. The SMILES string of the molecule is CCN1CCCC1Cn1c(=S)[nH]c2ccc(Cl)cc21. The van der Waals surface area contributed by atoms with Crippen LogP contribution in [-0.2, 0) is 6.54 Å². The van der Waals surface area contributed by atoms with Crippen LogP contribution in [0.4, 0.5) is 0 Å². The van der Waals surface area contributed by atoms with Gasteiger partial charge in [0.2, 0.25) is 0 Å². The lowest BCUT2D eigenvalue weighted by atomic mass is 10.2. The Hall–Kier alpha value is -0.840. The average Bonchev–Trinajstić information content (AvgIpc) is 2.96. The minimum absolute atomic E-state index is 0.592. The van der Waals surface area contributed by atoms with Gasteiger partial charge >= 0.3 is 0 Å². The normalized spacial score (nSPS) is 20.4. The predicted octanol–water partition coefficient (Wildman–Crippen LogP) is 3.84. The minimum atomic E-state index is 0.592. The van der Waals surface area contributed by atoms with Crippen LogP contribution in [0.5, 0.6) is 0 Å². The van der Waals surface area contributed by atoms with E-state index in [9.17, 15) is 0 Å². The molecule has 0 saturated carbocycles. The molecular weight excluding hydrogens is 278 g/mol. The van der Waals surface area contributed by atoms with Gasteiger partial charge < -0.3 is 9.55 Å². The number of nitrogens with zero attached hydrogens (tertiary/aromatic N) is 2. The van der Waals surface area contributed by atoms with E-state index in [1.54, 1.807) is 0 Å². The van der Waals surface area contributed by atoms with Crippen molar-refractivity contribution in [2.24, 2.45) is 0 Å². The number of likely N-dealkylation sites (N-methyl/N-ethyl adjacent to an activating group) is 1. The highest BCUT2D eigenvalue weighted by molar-refractivity contribution is 7.71. The molecule has 102 valence electrons. The van der Waals surface area contributed by atoms with E-state index < -0.39 is 0 Å². The van der Waals surface area contributed by atoms with Crippen LogP contribution in [0.2, 0.25) is 5.02 Å². The second-order valence-corrected chi connectivity index (χ2v) is 5.95. The molecule has 3 rings (SSSR count). The molecule has 3 nitrogen and oxygen atoms in total. The van der Waals surface area contributed by atoms with E-state index in [1.807, 2.05) is 18.2 Å². The number of benzene rings is 1. The highest BCUT2D eigenvalue weighted by Crippen LogP contribution is 2.23. The van der Waals surface area contributed by atoms with Crippen molar-refractivity contribution < 1.29 is 0 Å². The zero-order chi connectivity index (χ0) is 13.4. The van der Waals surface area contributed by atoms with Crippen LogP contribution in [0.3, 0.4) is 0 Å². The van der Waals surface area contributed by atoms with Crippen LogP contribution in [0.1, 0.15) is 19.8 Å². The molecular formula is C14H18ClN3S. The number of hydrogen-bond donors (Lipinski definition) is 1. The van der Waals surface area contributed by atoms with Crippen LogP contribution in [0.15, 0.2) is 18.2 Å². The third-order valence-corrected chi connectivity index (χ3v) is 4.59. The summed E-state index contributed by atoms with van der Waals surface area (Å²) >= 11 is 11.6. The number of aromatic amines is 1. The Bertz CT molecular complexity index is 646. The maximum atomic E-state index is 6.10. The Balaban J connectivity index is 1.98. The van der Waals surface area contributed by atoms with Crippen LogP contribution < -0.4 is 0 Å². The van der Waals surface area contributed by atoms with Crippen LogP contribution in [0.25, 0.3) is 11.0 Å². The number of nitrogens with one attached hydrogen (secondary N) is 1. The van der Waals surface area contributed by atoms with Gasteiger partial charge in [0.15, 0.2) is 4.77 Å². The largest absolute Gasteiger partial charge is 0.331 e. The van der Waals surface area contributed by atoms with Crippen molar-refractivity contribution in [1.29, 1.82) is 0 Å². The van der Waals surface area contributed by atoms with Gasteiger partial charge in [-0.3, -0.25) is 4.90 Å². The predicted molar refractivity (Wildman–Crippen MR) is 82.4 cm³/mol. The summed E-state index contributed by atoms with van der Waals surface area (Å²) in [6, 6.07) is 6.48. The molecule has 1 aromatic carbocycles. The molecule has 0 bridgehead atoms. The van der Waals surface area contributed by atoms with Gasteiger partial charge in [-0.15, -0.1) is 0 Å². The van der Waals surface area contributed by atoms with E-state index in [1.165, 1.54) is 19.4 Å². The molecule has 1 atom stereocenters. The summed E-state index contributed by atoms with van der Waals surface area (Å²) < 4.78 is 2.98. The van der Waals surface area contributed by atoms with Gasteiger partial charge in [-0.25, -0.2) is 0 Å². The summed E-state index contributed by atoms with van der Waals surface area (Å²) in [5.74, 6) is 0. The molecule has 1 fully saturated rings. The molecule has 1 aromatic heterocycles. The number of imidazole rings is 1. The summed E-state index contributed by atoms with van der Waals surface area (Å²) in [6.07, 6.45) is 2.54. The standard InChI is InChI=1S/C14H18ClN3S/c1-2-17-7-3-4-11(17)9-18-13-8-10(15)5-6-12(13)16-14(18)19/h5-6,8,11H,2-4,7,9H2,1H3,(H,16,19). The fourth-order valence-corrected chi connectivity index (χ4v) is 3.49. The van der Waals surface area contributed by atoms with Gasteiger partial charge in [0.25, 0.3) is 0 Å². The number of likely N-dealkylation sites (tertiary alicyclic amines) is 1. The molecule has 19 heavy (non-hydrogen) atoms. The Morgan fingerprint density at radius 2 is 2.32 bits per heavy atom. The molecule has 1 unspecified atom stereocenters. The van der Waals surface area contributed by atoms with Gasteiger partial charge in [-0.2, -0.15) is 0 Å². The lowest BCUT2D eigenvalue weighted by molar-refractivity contribution is 0.245. The Morgan fingerprint density at radius 1 is 1.47 bits per heavy atom. The molecule has 0 amide bonds. The van der Waals surface area contributed by atoms with Crippen molar-refractivity contribution in [2.45, 2.75) is 32.4 Å². The first-order valence-corrected chi connectivity index (χ1v) is 7.60. The van der Waals surface area contributed by atoms with Gasteiger partial charge in [0.05, 0.1) is 11.0 Å². The average molecular weight is 296 g/mol. The quantitative estimate of drug-likeness (QED) is 0.870. The minimum Gasteiger partial charge on any atom is -0.331 e. The van der Waals surface area contributed by atoms with Crippen LogP contribution >= 0.6 is 23.8 Å². The van der Waals surface area contributed by atoms with Crippen LogP contribution in [0, 0.1) is 4.77 Å². The first-order chi connectivity index (χ1) is 9.19. The van der Waals surface area contributed by atoms with Crippen molar-refractivity contribution in [3.05, 3.63) is 28.0 Å². The Morgan fingerprint density at radius 3 is 3.11 bits per heavy atom. The summed E-state index contributed by atoms with van der Waals surface area (Å²) in [6.45, 7) is 5.50. The first kappa shape index (κ1) is 13.2. The fraction of sp³-hybridized carbons (Fsp3) is 0.500. The van der Waals surface area contributed by atoms with Gasteiger partial charge in [0.1, 0.15) is 0 Å². The molecule has 1 aliphatic rings. The molecule has 1 saturated heterocycles. The molecule has 0 radical (unpaired) electrons. The smallest absolute Gasteiger partial charge is 0.178 e. The van der Waals surface area contributed by atoms with E-state index in [4.69, 9.17) is 23.8 Å². The summed E-state index contributed by atoms with van der Waals surface area (Å²) in [7, 11) is 0. The molecule has 2 heterocycles. The second-order valence-electron chi connectivity index (χ2n) is 5.13. The number of aromatic nitrogens is 2. The maximum Gasteiger partial charge on any atom is 0.178 e. The highest BCUT2D eigenvalue weighted by Gasteiger charge is 2.24. The highest BCUT2D eigenvalue weighted by atomic mass is 35.5. The van der Waals surface area contributed by atoms with E-state index >= 15 is 0 Å². The van der Waals surface area contributed by atoms with Crippen LogP contribution in [-0.4, -0.2) is 33.6 Å². The number of fused-ring (bicyclic) bond motifs is 1. The van der Waals surface area contributed by atoms with Gasteiger partial charge in [0, 0.05) is 17.6 Å². The fourth-order valence-electron chi connectivity index (χ4n) is 3.04. The zero-order valence-electron chi connectivity index (χ0n) is 11.0. The molecule has 5 heteroatoms. The molecule has 0 spiro atoms. The first-order valence-electron chi connectivity index (χ1n) is 6.81. The van der Waals surface area contributed by atoms with E-state index in [-0.39, 0.29) is 0 Å². The Kier molecular flexibility index (Phi) is 3.65. The van der Waals surface area contributed by atoms with Gasteiger partial charge in [-0.05, 0) is 56.3 Å². The topological polar surface area (TPSA) is 24.0 Å². The third-order valence-electron chi connectivity index (χ3n) is 4.04. The Labute approximate surface area is 123 Å². The van der Waals surface area contributed by atoms with Crippen molar-refractivity contribution in [3.8, 4) is 0 Å². The van der Waals surface area contributed by atoms with E-state index in [2.05, 4.69) is 21.4 Å². The third kappa shape index (κ3) is 2.45. The monoisotopic (exact) mass is 295 g/mol. The van der Waals surface area contributed by atoms with Crippen molar-refractivity contribution >= 4 is 34.9 Å². The van der Waals surface area contributed by atoms with Gasteiger partial charge in [-0.1, -0.05) is 18.5 Å². The lowest BCUT2D eigenvalue weighted by Crippen LogP contribution is -2.32.